The molecule has 28 heavy (non-hydrogen) atoms. The Morgan fingerprint density at radius 2 is 1.68 bits per heavy atom. The summed E-state index contributed by atoms with van der Waals surface area (Å²) >= 11 is 0. The molecule has 0 amide bonds. The van der Waals surface area contributed by atoms with Gasteiger partial charge in [-0.1, -0.05) is 17.7 Å². The summed E-state index contributed by atoms with van der Waals surface area (Å²) in [6.07, 6.45) is 0. The molecule has 2 heterocycles. The van der Waals surface area contributed by atoms with E-state index in [2.05, 4.69) is 4.90 Å². The molecule has 1 saturated heterocycles. The Labute approximate surface area is 165 Å². The highest BCUT2D eigenvalue weighted by Crippen LogP contribution is 2.38. The fraction of sp³-hybridized carbons (Fsp3) is 0.400. The number of sulfonamides is 1. The largest absolute Gasteiger partial charge is 0.507 e. The van der Waals surface area contributed by atoms with Crippen LogP contribution < -0.4 is 9.47 Å². The van der Waals surface area contributed by atoms with Crippen LogP contribution in [0.5, 0.6) is 17.2 Å². The second-order valence-electron chi connectivity index (χ2n) is 7.28. The molecule has 0 radical (unpaired) electrons. The lowest BCUT2D eigenvalue weighted by Crippen LogP contribution is -2.48. The molecule has 0 saturated carbocycles. The Kier molecular flexibility index (Phi) is 4.95. The molecule has 8 heteroatoms. The molecule has 1 N–H and O–H groups in total. The molecule has 0 aliphatic carbocycles. The lowest BCUT2D eigenvalue weighted by atomic mass is 10.1. The van der Waals surface area contributed by atoms with Gasteiger partial charge in [-0.25, -0.2) is 8.42 Å². The van der Waals surface area contributed by atoms with Crippen molar-refractivity contribution in [2.45, 2.75) is 25.3 Å². The molecule has 0 spiro atoms. The molecule has 2 aliphatic rings. The Morgan fingerprint density at radius 3 is 2.36 bits per heavy atom. The van der Waals surface area contributed by atoms with Gasteiger partial charge >= 0.3 is 0 Å². The van der Waals surface area contributed by atoms with Crippen molar-refractivity contribution in [1.29, 1.82) is 0 Å². The number of hydrogen-bond donors (Lipinski definition) is 1. The van der Waals surface area contributed by atoms with E-state index in [0.717, 1.165) is 16.7 Å². The van der Waals surface area contributed by atoms with Crippen LogP contribution in [0, 0.1) is 13.8 Å². The van der Waals surface area contributed by atoms with E-state index in [1.165, 1.54) is 0 Å². The number of phenols is 1. The standard InChI is InChI=1S/C20H24N2O5S/c1-14-3-4-20(15(2)9-14)28(24,25)22-7-5-21(6-8-22)12-16-10-18-19(11-17(16)23)27-13-26-18/h3-4,9-11,23H,5-8,12-13H2,1-2H3. The SMILES string of the molecule is Cc1ccc(S(=O)(=O)N2CCN(Cc3cc4c(cc3O)OCO4)CC2)c(C)c1. The van der Waals surface area contributed by atoms with E-state index in [-0.39, 0.29) is 12.5 Å². The zero-order chi connectivity index (χ0) is 19.9. The molecule has 0 bridgehead atoms. The zero-order valence-electron chi connectivity index (χ0n) is 16.0. The number of fused-ring (bicyclic) bond motifs is 1. The Hall–Kier alpha value is -2.29. The van der Waals surface area contributed by atoms with Gasteiger partial charge in [0.1, 0.15) is 5.75 Å². The van der Waals surface area contributed by atoms with Gasteiger partial charge in [0.25, 0.3) is 0 Å². The highest BCUT2D eigenvalue weighted by molar-refractivity contribution is 7.89. The highest BCUT2D eigenvalue weighted by Gasteiger charge is 2.30. The van der Waals surface area contributed by atoms with E-state index >= 15 is 0 Å². The average Bonchev–Trinajstić information content (AvgIpc) is 3.09. The predicted octanol–water partition coefficient (Wildman–Crippen LogP) is 2.24. The van der Waals surface area contributed by atoms with E-state index in [4.69, 9.17) is 9.47 Å². The lowest BCUT2D eigenvalue weighted by molar-refractivity contribution is 0.173. The molecule has 1 fully saturated rings. The van der Waals surface area contributed by atoms with Crippen molar-refractivity contribution in [2.24, 2.45) is 0 Å². The topological polar surface area (TPSA) is 79.3 Å². The number of ether oxygens (including phenoxy) is 2. The van der Waals surface area contributed by atoms with Crippen LogP contribution in [0.1, 0.15) is 16.7 Å². The van der Waals surface area contributed by atoms with E-state index < -0.39 is 10.0 Å². The van der Waals surface area contributed by atoms with Gasteiger partial charge in [0.2, 0.25) is 16.8 Å². The number of aryl methyl sites for hydroxylation is 2. The highest BCUT2D eigenvalue weighted by atomic mass is 32.2. The third kappa shape index (κ3) is 3.55. The summed E-state index contributed by atoms with van der Waals surface area (Å²) in [5, 5.41) is 10.2. The van der Waals surface area contributed by atoms with Crippen molar-refractivity contribution in [3.63, 3.8) is 0 Å². The van der Waals surface area contributed by atoms with Crippen LogP contribution in [0.4, 0.5) is 0 Å². The maximum absolute atomic E-state index is 13.0. The third-order valence-electron chi connectivity index (χ3n) is 5.25. The molecule has 2 aliphatic heterocycles. The van der Waals surface area contributed by atoms with Gasteiger partial charge in [0.05, 0.1) is 4.90 Å². The number of hydrogen-bond acceptors (Lipinski definition) is 6. The minimum atomic E-state index is -3.50. The molecule has 2 aromatic rings. The molecule has 4 rings (SSSR count). The Balaban J connectivity index is 1.43. The number of benzene rings is 2. The van der Waals surface area contributed by atoms with E-state index in [1.807, 2.05) is 26.0 Å². The van der Waals surface area contributed by atoms with E-state index in [1.54, 1.807) is 22.5 Å². The molecular formula is C20H24N2O5S. The van der Waals surface area contributed by atoms with E-state index in [9.17, 15) is 13.5 Å². The number of piperazine rings is 1. The average molecular weight is 404 g/mol. The third-order valence-corrected chi connectivity index (χ3v) is 7.31. The van der Waals surface area contributed by atoms with Crippen LogP contribution in [0.15, 0.2) is 35.2 Å². The van der Waals surface area contributed by atoms with Gasteiger partial charge in [-0.2, -0.15) is 4.31 Å². The first kappa shape index (κ1) is 19.0. The maximum Gasteiger partial charge on any atom is 0.243 e. The monoisotopic (exact) mass is 404 g/mol. The quantitative estimate of drug-likeness (QED) is 0.842. The molecule has 7 nitrogen and oxygen atoms in total. The summed E-state index contributed by atoms with van der Waals surface area (Å²) in [6.45, 7) is 6.50. The van der Waals surface area contributed by atoms with Crippen LogP contribution in [-0.4, -0.2) is 55.7 Å². The normalized spacial score (nSPS) is 17.8. The van der Waals surface area contributed by atoms with Gasteiger partial charge in [0, 0.05) is 44.4 Å². The first-order valence-corrected chi connectivity index (χ1v) is 10.7. The van der Waals surface area contributed by atoms with Gasteiger partial charge in [-0.15, -0.1) is 0 Å². The number of phenolic OH excluding ortho intramolecular Hbond substituents is 1. The fourth-order valence-corrected chi connectivity index (χ4v) is 5.32. The molecule has 0 aromatic heterocycles. The number of nitrogens with zero attached hydrogens (tertiary/aromatic N) is 2. The second-order valence-corrected chi connectivity index (χ2v) is 9.19. The van der Waals surface area contributed by atoms with Crippen LogP contribution in [0.2, 0.25) is 0 Å². The zero-order valence-corrected chi connectivity index (χ0v) is 16.8. The van der Waals surface area contributed by atoms with Crippen molar-refractivity contribution < 1.29 is 23.0 Å². The summed E-state index contributed by atoms with van der Waals surface area (Å²) in [5.74, 6) is 1.34. The molecule has 0 atom stereocenters. The predicted molar refractivity (Wildman–Crippen MR) is 104 cm³/mol. The minimum Gasteiger partial charge on any atom is -0.507 e. The summed E-state index contributed by atoms with van der Waals surface area (Å²) in [6, 6.07) is 8.77. The minimum absolute atomic E-state index is 0.160. The van der Waals surface area contributed by atoms with Crippen molar-refractivity contribution in [3.05, 3.63) is 47.0 Å². The van der Waals surface area contributed by atoms with Crippen LogP contribution in [0.25, 0.3) is 0 Å². The Morgan fingerprint density at radius 1 is 1.00 bits per heavy atom. The number of rotatable bonds is 4. The lowest BCUT2D eigenvalue weighted by Gasteiger charge is -2.34. The van der Waals surface area contributed by atoms with Crippen molar-refractivity contribution in [1.82, 2.24) is 9.21 Å². The van der Waals surface area contributed by atoms with Gasteiger partial charge < -0.3 is 14.6 Å². The van der Waals surface area contributed by atoms with Gasteiger partial charge in [0.15, 0.2) is 11.5 Å². The van der Waals surface area contributed by atoms with Crippen LogP contribution in [0.3, 0.4) is 0 Å². The maximum atomic E-state index is 13.0. The molecule has 0 unspecified atom stereocenters. The van der Waals surface area contributed by atoms with Gasteiger partial charge in [-0.3, -0.25) is 4.90 Å². The number of aromatic hydroxyl groups is 1. The summed E-state index contributed by atoms with van der Waals surface area (Å²) in [5.41, 5.74) is 2.56. The smallest absolute Gasteiger partial charge is 0.243 e. The summed E-state index contributed by atoms with van der Waals surface area (Å²) < 4.78 is 38.2. The van der Waals surface area contributed by atoms with Crippen molar-refractivity contribution in [3.8, 4) is 17.2 Å². The van der Waals surface area contributed by atoms with Crippen LogP contribution in [-0.2, 0) is 16.6 Å². The first-order valence-electron chi connectivity index (χ1n) is 9.26. The van der Waals surface area contributed by atoms with Gasteiger partial charge in [-0.05, 0) is 31.5 Å². The Bertz CT molecular complexity index is 998. The molecule has 150 valence electrons. The van der Waals surface area contributed by atoms with Crippen LogP contribution >= 0.6 is 0 Å². The second kappa shape index (κ2) is 7.27. The summed E-state index contributed by atoms with van der Waals surface area (Å²) in [4.78, 5) is 2.51. The molecular weight excluding hydrogens is 380 g/mol. The fourth-order valence-electron chi connectivity index (χ4n) is 3.70. The van der Waals surface area contributed by atoms with Crippen molar-refractivity contribution >= 4 is 10.0 Å². The van der Waals surface area contributed by atoms with E-state index in [0.29, 0.717) is 49.1 Å². The van der Waals surface area contributed by atoms with Crippen molar-refractivity contribution in [2.75, 3.05) is 33.0 Å². The molecule has 2 aromatic carbocycles. The summed E-state index contributed by atoms with van der Waals surface area (Å²) in [7, 11) is -3.50. The first-order chi connectivity index (χ1) is 13.3.